The topological polar surface area (TPSA) is 52.1 Å². The molecule has 168 valence electrons. The SMILES string of the molecule is CCCCc1cnc(-c2ccc(C3CCC(OC(=O)[C@@H](F)CCCC)CC3)cc2)nc1. The van der Waals surface area contributed by atoms with Crippen LogP contribution in [0, 0.1) is 0 Å². The summed E-state index contributed by atoms with van der Waals surface area (Å²) in [6.07, 6.45) is 10.9. The Bertz CT molecular complexity index is 799. The lowest BCUT2D eigenvalue weighted by Crippen LogP contribution is -2.28. The molecule has 1 aliphatic carbocycles. The fraction of sp³-hybridized carbons (Fsp3) is 0.577. The first-order valence-corrected chi connectivity index (χ1v) is 11.9. The summed E-state index contributed by atoms with van der Waals surface area (Å²) in [5.41, 5.74) is 3.50. The summed E-state index contributed by atoms with van der Waals surface area (Å²) < 4.78 is 19.3. The number of unbranched alkanes of at least 4 members (excludes halogenated alkanes) is 2. The van der Waals surface area contributed by atoms with E-state index in [4.69, 9.17) is 4.74 Å². The van der Waals surface area contributed by atoms with Gasteiger partial charge in [0.1, 0.15) is 6.10 Å². The van der Waals surface area contributed by atoms with Gasteiger partial charge >= 0.3 is 5.97 Å². The summed E-state index contributed by atoms with van der Waals surface area (Å²) >= 11 is 0. The maximum atomic E-state index is 13.8. The van der Waals surface area contributed by atoms with Gasteiger partial charge in [-0.15, -0.1) is 0 Å². The lowest BCUT2D eigenvalue weighted by Gasteiger charge is -2.29. The molecule has 0 unspecified atom stereocenters. The van der Waals surface area contributed by atoms with Crippen molar-refractivity contribution >= 4 is 5.97 Å². The molecule has 1 heterocycles. The number of alkyl halides is 1. The summed E-state index contributed by atoms with van der Waals surface area (Å²) in [5.74, 6) is 0.524. The quantitative estimate of drug-likeness (QED) is 0.402. The molecule has 0 N–H and O–H groups in total. The van der Waals surface area contributed by atoms with Crippen LogP contribution < -0.4 is 0 Å². The predicted molar refractivity (Wildman–Crippen MR) is 122 cm³/mol. The van der Waals surface area contributed by atoms with Crippen LogP contribution in [0.25, 0.3) is 11.4 Å². The number of benzene rings is 1. The molecule has 1 atom stereocenters. The molecule has 5 heteroatoms. The lowest BCUT2D eigenvalue weighted by atomic mass is 9.82. The van der Waals surface area contributed by atoms with Crippen LogP contribution in [0.3, 0.4) is 0 Å². The molecule has 0 bridgehead atoms. The van der Waals surface area contributed by atoms with E-state index < -0.39 is 12.1 Å². The molecular formula is C26H35FN2O2. The predicted octanol–water partition coefficient (Wildman–Crippen LogP) is 6.58. The number of rotatable bonds is 10. The highest BCUT2D eigenvalue weighted by Gasteiger charge is 2.27. The molecular weight excluding hydrogens is 391 g/mol. The van der Waals surface area contributed by atoms with Crippen molar-refractivity contribution in [1.82, 2.24) is 9.97 Å². The Kier molecular flexibility index (Phi) is 8.98. The zero-order valence-electron chi connectivity index (χ0n) is 18.9. The summed E-state index contributed by atoms with van der Waals surface area (Å²) in [6.45, 7) is 4.17. The first-order valence-electron chi connectivity index (χ1n) is 11.9. The third-order valence-corrected chi connectivity index (χ3v) is 6.19. The molecule has 4 nitrogen and oxygen atoms in total. The highest BCUT2D eigenvalue weighted by atomic mass is 19.1. The normalized spacial score (nSPS) is 19.7. The smallest absolute Gasteiger partial charge is 0.340 e. The van der Waals surface area contributed by atoms with Crippen molar-refractivity contribution in [3.05, 3.63) is 47.8 Å². The minimum atomic E-state index is -1.48. The average molecular weight is 427 g/mol. The van der Waals surface area contributed by atoms with E-state index in [1.807, 2.05) is 19.3 Å². The molecule has 3 rings (SSSR count). The van der Waals surface area contributed by atoms with Crippen molar-refractivity contribution in [2.24, 2.45) is 0 Å². The number of aryl methyl sites for hydroxylation is 1. The fourth-order valence-corrected chi connectivity index (χ4v) is 4.17. The van der Waals surface area contributed by atoms with Crippen LogP contribution in [-0.4, -0.2) is 28.2 Å². The van der Waals surface area contributed by atoms with Crippen molar-refractivity contribution in [3.8, 4) is 11.4 Å². The second kappa shape index (κ2) is 11.9. The Balaban J connectivity index is 1.49. The van der Waals surface area contributed by atoms with Crippen molar-refractivity contribution < 1.29 is 13.9 Å². The Morgan fingerprint density at radius 1 is 1.03 bits per heavy atom. The van der Waals surface area contributed by atoms with E-state index in [1.54, 1.807) is 0 Å². The minimum Gasteiger partial charge on any atom is -0.460 e. The Labute approximate surface area is 185 Å². The van der Waals surface area contributed by atoms with Gasteiger partial charge in [0, 0.05) is 18.0 Å². The van der Waals surface area contributed by atoms with Crippen molar-refractivity contribution in [1.29, 1.82) is 0 Å². The van der Waals surface area contributed by atoms with Gasteiger partial charge in [0.2, 0.25) is 0 Å². The summed E-state index contributed by atoms with van der Waals surface area (Å²) in [7, 11) is 0. The van der Waals surface area contributed by atoms with Crippen LogP contribution in [0.4, 0.5) is 4.39 Å². The molecule has 0 radical (unpaired) electrons. The van der Waals surface area contributed by atoms with Gasteiger partial charge < -0.3 is 4.74 Å². The average Bonchev–Trinajstić information content (AvgIpc) is 2.82. The summed E-state index contributed by atoms with van der Waals surface area (Å²) in [5, 5.41) is 0. The van der Waals surface area contributed by atoms with Crippen LogP contribution in [0.2, 0.25) is 0 Å². The van der Waals surface area contributed by atoms with E-state index in [0.717, 1.165) is 56.3 Å². The fourth-order valence-electron chi connectivity index (χ4n) is 4.17. The van der Waals surface area contributed by atoms with Crippen LogP contribution in [0.5, 0.6) is 0 Å². The molecule has 2 aromatic rings. The molecule has 1 aromatic carbocycles. The number of hydrogen-bond acceptors (Lipinski definition) is 4. The summed E-state index contributed by atoms with van der Waals surface area (Å²) in [4.78, 5) is 21.0. The van der Waals surface area contributed by atoms with Crippen LogP contribution in [-0.2, 0) is 16.0 Å². The molecule has 1 aliphatic rings. The van der Waals surface area contributed by atoms with E-state index in [1.165, 1.54) is 17.5 Å². The molecule has 0 spiro atoms. The molecule has 1 saturated carbocycles. The van der Waals surface area contributed by atoms with E-state index >= 15 is 0 Å². The van der Waals surface area contributed by atoms with Gasteiger partial charge in [0.05, 0.1) is 0 Å². The maximum Gasteiger partial charge on any atom is 0.340 e. The molecule has 1 aromatic heterocycles. The third-order valence-electron chi connectivity index (χ3n) is 6.19. The first kappa shape index (κ1) is 23.4. The number of halogens is 1. The second-order valence-corrected chi connectivity index (χ2v) is 8.66. The first-order chi connectivity index (χ1) is 15.1. The number of esters is 1. The van der Waals surface area contributed by atoms with Gasteiger partial charge in [-0.2, -0.15) is 0 Å². The van der Waals surface area contributed by atoms with Gasteiger partial charge in [-0.3, -0.25) is 0 Å². The number of aromatic nitrogens is 2. The van der Waals surface area contributed by atoms with Gasteiger partial charge in [0.25, 0.3) is 0 Å². The van der Waals surface area contributed by atoms with Crippen LogP contribution >= 0.6 is 0 Å². The monoisotopic (exact) mass is 426 g/mol. The van der Waals surface area contributed by atoms with Crippen LogP contribution in [0.15, 0.2) is 36.7 Å². The number of nitrogens with zero attached hydrogens (tertiary/aromatic N) is 2. The highest BCUT2D eigenvalue weighted by Crippen LogP contribution is 2.35. The lowest BCUT2D eigenvalue weighted by molar-refractivity contribution is -0.157. The zero-order chi connectivity index (χ0) is 22.1. The van der Waals surface area contributed by atoms with Crippen LogP contribution in [0.1, 0.15) is 88.7 Å². The molecule has 31 heavy (non-hydrogen) atoms. The van der Waals surface area contributed by atoms with Gasteiger partial charge in [0.15, 0.2) is 12.0 Å². The zero-order valence-corrected chi connectivity index (χ0v) is 18.9. The Morgan fingerprint density at radius 3 is 2.29 bits per heavy atom. The number of hydrogen-bond donors (Lipinski definition) is 0. The van der Waals surface area contributed by atoms with Crippen molar-refractivity contribution in [2.75, 3.05) is 0 Å². The standard InChI is InChI=1S/C26H35FN2O2/c1-3-5-7-19-17-28-25(29-18-19)22-11-9-20(10-12-22)21-13-15-23(16-14-21)31-26(30)24(27)8-6-4-2/h9-12,17-18,21,23-24H,3-8,13-16H2,1-2H3/t21?,23?,24-/m0/s1. The van der Waals surface area contributed by atoms with E-state index in [-0.39, 0.29) is 12.5 Å². The van der Waals surface area contributed by atoms with E-state index in [9.17, 15) is 9.18 Å². The molecule has 0 saturated heterocycles. The highest BCUT2D eigenvalue weighted by molar-refractivity contribution is 5.74. The van der Waals surface area contributed by atoms with E-state index in [0.29, 0.717) is 12.3 Å². The van der Waals surface area contributed by atoms with Gasteiger partial charge in [-0.05, 0) is 62.0 Å². The third kappa shape index (κ3) is 6.84. The molecule has 0 aliphatic heterocycles. The molecule has 0 amide bonds. The number of carbonyl (C=O) groups is 1. The van der Waals surface area contributed by atoms with Gasteiger partial charge in [-0.1, -0.05) is 57.4 Å². The van der Waals surface area contributed by atoms with Crippen molar-refractivity contribution in [2.45, 2.75) is 96.2 Å². The van der Waals surface area contributed by atoms with Gasteiger partial charge in [-0.25, -0.2) is 19.2 Å². The second-order valence-electron chi connectivity index (χ2n) is 8.66. The Hall–Kier alpha value is -2.30. The number of carbonyl (C=O) groups excluding carboxylic acids is 1. The molecule has 1 fully saturated rings. The largest absolute Gasteiger partial charge is 0.460 e. The Morgan fingerprint density at radius 2 is 1.68 bits per heavy atom. The maximum absolute atomic E-state index is 13.8. The summed E-state index contributed by atoms with van der Waals surface area (Å²) in [6, 6.07) is 8.49. The number of ether oxygens (including phenoxy) is 1. The minimum absolute atomic E-state index is 0.150. The van der Waals surface area contributed by atoms with Crippen molar-refractivity contribution in [3.63, 3.8) is 0 Å². The van der Waals surface area contributed by atoms with E-state index in [2.05, 4.69) is 41.2 Å².